The van der Waals surface area contributed by atoms with Crippen LogP contribution in [-0.4, -0.2) is 56.4 Å². The van der Waals surface area contributed by atoms with Crippen molar-refractivity contribution < 1.29 is 9.90 Å². The molecule has 0 radical (unpaired) electrons. The number of piperazine rings is 1. The van der Waals surface area contributed by atoms with Crippen LogP contribution in [0.4, 0.5) is 0 Å². The van der Waals surface area contributed by atoms with E-state index in [1.54, 1.807) is 6.92 Å². The van der Waals surface area contributed by atoms with E-state index < -0.39 is 6.23 Å². The molecule has 1 N–H and O–H groups in total. The second-order valence-electron chi connectivity index (χ2n) is 7.02. The van der Waals surface area contributed by atoms with E-state index in [1.165, 1.54) is 0 Å². The van der Waals surface area contributed by atoms with Gasteiger partial charge in [0.1, 0.15) is 11.9 Å². The van der Waals surface area contributed by atoms with E-state index >= 15 is 0 Å². The van der Waals surface area contributed by atoms with E-state index in [9.17, 15) is 9.90 Å². The molecule has 1 unspecified atom stereocenters. The standard InChI is InChI=1S/C21H24N4O2/c1-15-20(17-6-4-3-5-7-17)25-14-18(8-9-19(25)22-15)21(27)24-12-10-23(11-13-24)16(2)26/h3-9,14,21,27H,10-13H2,1-2H3. The van der Waals surface area contributed by atoms with E-state index in [2.05, 4.69) is 21.5 Å². The molecule has 1 aliphatic rings. The molecule has 0 bridgehead atoms. The van der Waals surface area contributed by atoms with Crippen LogP contribution in [0.25, 0.3) is 16.9 Å². The number of aryl methyl sites for hydroxylation is 1. The lowest BCUT2D eigenvalue weighted by Gasteiger charge is -2.36. The third-order valence-corrected chi connectivity index (χ3v) is 5.27. The largest absolute Gasteiger partial charge is 0.374 e. The molecule has 6 heteroatoms. The Morgan fingerprint density at radius 1 is 1.07 bits per heavy atom. The molecule has 1 aromatic carbocycles. The first-order valence-corrected chi connectivity index (χ1v) is 9.26. The normalized spacial score (nSPS) is 16.6. The van der Waals surface area contributed by atoms with Gasteiger partial charge in [0.2, 0.25) is 5.91 Å². The van der Waals surface area contributed by atoms with Crippen LogP contribution in [0.3, 0.4) is 0 Å². The van der Waals surface area contributed by atoms with Crippen LogP contribution in [0.5, 0.6) is 0 Å². The zero-order valence-corrected chi connectivity index (χ0v) is 15.7. The highest BCUT2D eigenvalue weighted by molar-refractivity contribution is 5.73. The Hall–Kier alpha value is -2.70. The zero-order valence-electron chi connectivity index (χ0n) is 15.7. The molecule has 6 nitrogen and oxygen atoms in total. The van der Waals surface area contributed by atoms with Gasteiger partial charge in [-0.1, -0.05) is 30.3 Å². The summed E-state index contributed by atoms with van der Waals surface area (Å²) >= 11 is 0. The Kier molecular flexibility index (Phi) is 4.68. The average molecular weight is 364 g/mol. The molecule has 27 heavy (non-hydrogen) atoms. The minimum absolute atomic E-state index is 0.0898. The topological polar surface area (TPSA) is 61.1 Å². The number of rotatable bonds is 3. The fourth-order valence-electron chi connectivity index (χ4n) is 3.77. The molecule has 1 atom stereocenters. The van der Waals surface area contributed by atoms with Crippen molar-refractivity contribution in [3.05, 3.63) is 59.9 Å². The lowest BCUT2D eigenvalue weighted by molar-refractivity contribution is -0.132. The van der Waals surface area contributed by atoms with Gasteiger partial charge in [-0.05, 0) is 19.1 Å². The van der Waals surface area contributed by atoms with Crippen LogP contribution in [0.1, 0.15) is 24.4 Å². The smallest absolute Gasteiger partial charge is 0.219 e. The quantitative estimate of drug-likeness (QED) is 0.776. The monoisotopic (exact) mass is 364 g/mol. The number of aliphatic hydroxyl groups is 1. The number of amides is 1. The van der Waals surface area contributed by atoms with Gasteiger partial charge in [0, 0.05) is 50.4 Å². The van der Waals surface area contributed by atoms with Gasteiger partial charge in [-0.3, -0.25) is 14.1 Å². The molecule has 3 aromatic rings. The number of carbonyl (C=O) groups is 1. The van der Waals surface area contributed by atoms with Crippen molar-refractivity contribution in [1.82, 2.24) is 19.2 Å². The van der Waals surface area contributed by atoms with Gasteiger partial charge in [0.05, 0.1) is 11.4 Å². The van der Waals surface area contributed by atoms with Gasteiger partial charge in [0.15, 0.2) is 0 Å². The maximum Gasteiger partial charge on any atom is 0.219 e. The van der Waals surface area contributed by atoms with Gasteiger partial charge >= 0.3 is 0 Å². The molecule has 0 spiro atoms. The number of imidazole rings is 1. The van der Waals surface area contributed by atoms with Crippen molar-refractivity contribution in [2.75, 3.05) is 26.2 Å². The molecule has 0 saturated carbocycles. The average Bonchev–Trinajstić information content (AvgIpc) is 3.03. The first-order chi connectivity index (χ1) is 13.0. The molecule has 1 saturated heterocycles. The van der Waals surface area contributed by atoms with Crippen LogP contribution in [-0.2, 0) is 4.79 Å². The lowest BCUT2D eigenvalue weighted by Crippen LogP contribution is -2.49. The van der Waals surface area contributed by atoms with Crippen LogP contribution in [0.15, 0.2) is 48.7 Å². The molecule has 0 aliphatic carbocycles. The predicted molar refractivity (Wildman–Crippen MR) is 104 cm³/mol. The summed E-state index contributed by atoms with van der Waals surface area (Å²) in [6.07, 6.45) is 1.27. The number of hydrogen-bond donors (Lipinski definition) is 1. The summed E-state index contributed by atoms with van der Waals surface area (Å²) < 4.78 is 2.05. The summed E-state index contributed by atoms with van der Waals surface area (Å²) in [5, 5.41) is 10.9. The lowest BCUT2D eigenvalue weighted by atomic mass is 10.1. The number of aromatic nitrogens is 2. The fraction of sp³-hybridized carbons (Fsp3) is 0.333. The highest BCUT2D eigenvalue weighted by Gasteiger charge is 2.25. The van der Waals surface area contributed by atoms with Crippen molar-refractivity contribution in [3.8, 4) is 11.3 Å². The SMILES string of the molecule is CC(=O)N1CCN(C(O)c2ccc3nc(C)c(-c4ccccc4)n3c2)CC1. The molecule has 1 fully saturated rings. The van der Waals surface area contributed by atoms with Gasteiger partial charge in [-0.25, -0.2) is 4.98 Å². The first kappa shape index (κ1) is 17.7. The van der Waals surface area contributed by atoms with Crippen molar-refractivity contribution in [3.63, 3.8) is 0 Å². The van der Waals surface area contributed by atoms with E-state index in [4.69, 9.17) is 0 Å². The molecular weight excluding hydrogens is 340 g/mol. The van der Waals surface area contributed by atoms with E-state index in [0.29, 0.717) is 26.2 Å². The van der Waals surface area contributed by atoms with Crippen LogP contribution < -0.4 is 0 Å². The van der Waals surface area contributed by atoms with E-state index in [1.807, 2.05) is 53.3 Å². The second-order valence-corrected chi connectivity index (χ2v) is 7.02. The molecule has 2 aromatic heterocycles. The minimum atomic E-state index is -0.699. The first-order valence-electron chi connectivity index (χ1n) is 9.26. The Bertz CT molecular complexity index is 959. The summed E-state index contributed by atoms with van der Waals surface area (Å²) in [6, 6.07) is 14.0. The van der Waals surface area contributed by atoms with Gasteiger partial charge in [-0.2, -0.15) is 0 Å². The summed E-state index contributed by atoms with van der Waals surface area (Å²) in [5.74, 6) is 0.0898. The third-order valence-electron chi connectivity index (χ3n) is 5.27. The van der Waals surface area contributed by atoms with Crippen LogP contribution >= 0.6 is 0 Å². The number of benzene rings is 1. The number of hydrogen-bond acceptors (Lipinski definition) is 4. The van der Waals surface area contributed by atoms with Crippen molar-refractivity contribution in [2.24, 2.45) is 0 Å². The molecular formula is C21H24N4O2. The van der Waals surface area contributed by atoms with Gasteiger partial charge in [-0.15, -0.1) is 0 Å². The number of nitrogens with zero attached hydrogens (tertiary/aromatic N) is 4. The summed E-state index contributed by atoms with van der Waals surface area (Å²) in [6.45, 7) is 6.21. The van der Waals surface area contributed by atoms with Gasteiger partial charge in [0.25, 0.3) is 0 Å². The maximum atomic E-state index is 11.5. The zero-order chi connectivity index (χ0) is 19.0. The molecule has 1 amide bonds. The fourth-order valence-corrected chi connectivity index (χ4v) is 3.77. The third kappa shape index (κ3) is 3.34. The van der Waals surface area contributed by atoms with Gasteiger partial charge < -0.3 is 10.0 Å². The van der Waals surface area contributed by atoms with Crippen molar-refractivity contribution in [1.29, 1.82) is 0 Å². The molecule has 1 aliphatic heterocycles. The Balaban J connectivity index is 1.64. The highest BCUT2D eigenvalue weighted by Crippen LogP contribution is 2.27. The summed E-state index contributed by atoms with van der Waals surface area (Å²) in [4.78, 5) is 20.0. The van der Waals surface area contributed by atoms with E-state index in [0.717, 1.165) is 28.2 Å². The van der Waals surface area contributed by atoms with Crippen molar-refractivity contribution >= 4 is 11.6 Å². The van der Waals surface area contributed by atoms with Crippen LogP contribution in [0.2, 0.25) is 0 Å². The number of carbonyl (C=O) groups excluding carboxylic acids is 1. The minimum Gasteiger partial charge on any atom is -0.374 e. The number of fused-ring (bicyclic) bond motifs is 1. The van der Waals surface area contributed by atoms with Crippen molar-refractivity contribution in [2.45, 2.75) is 20.1 Å². The van der Waals surface area contributed by atoms with E-state index in [-0.39, 0.29) is 5.91 Å². The molecule has 4 rings (SSSR count). The highest BCUT2D eigenvalue weighted by atomic mass is 16.3. The Morgan fingerprint density at radius 2 is 1.78 bits per heavy atom. The molecule has 3 heterocycles. The molecule has 140 valence electrons. The predicted octanol–water partition coefficient (Wildman–Crippen LogP) is 2.46. The second kappa shape index (κ2) is 7.13. The maximum absolute atomic E-state index is 11.5. The summed E-state index contributed by atoms with van der Waals surface area (Å²) in [5.41, 5.74) is 4.80. The Morgan fingerprint density at radius 3 is 2.44 bits per heavy atom. The Labute approximate surface area is 158 Å². The summed E-state index contributed by atoms with van der Waals surface area (Å²) in [7, 11) is 0. The van der Waals surface area contributed by atoms with Crippen LogP contribution in [0, 0.1) is 6.92 Å². The number of aliphatic hydroxyl groups excluding tert-OH is 1. The number of pyridine rings is 1.